The van der Waals surface area contributed by atoms with Crippen molar-refractivity contribution in [2.24, 2.45) is 0 Å². The first kappa shape index (κ1) is 15.4. The maximum absolute atomic E-state index is 12.5. The van der Waals surface area contributed by atoms with Gasteiger partial charge in [-0.2, -0.15) is 5.26 Å². The van der Waals surface area contributed by atoms with Crippen LogP contribution in [-0.2, 0) is 10.2 Å². The standard InChI is InChI=1S/C20H17N3O2/c21-12-13-4-3-5-14(10-13)18(24)22-15-6-7-17-16(11-15)20(19(25)23-17)8-1-2-9-20/h3-7,10-11H,1-2,8-9H2,(H,22,24)(H,23,25). The molecule has 2 amide bonds. The number of nitrogens with one attached hydrogen (secondary N) is 2. The third-order valence-corrected chi connectivity index (χ3v) is 5.19. The molecular weight excluding hydrogens is 314 g/mol. The number of carbonyl (C=O) groups excluding carboxylic acids is 2. The van der Waals surface area contributed by atoms with E-state index in [4.69, 9.17) is 5.26 Å². The lowest BCUT2D eigenvalue weighted by Gasteiger charge is -2.21. The molecule has 1 aliphatic carbocycles. The Balaban J connectivity index is 1.63. The number of amides is 2. The van der Waals surface area contributed by atoms with Gasteiger partial charge in [0.05, 0.1) is 17.0 Å². The summed E-state index contributed by atoms with van der Waals surface area (Å²) in [5.41, 5.74) is 2.94. The van der Waals surface area contributed by atoms with Crippen molar-refractivity contribution in [1.82, 2.24) is 0 Å². The molecule has 1 fully saturated rings. The van der Waals surface area contributed by atoms with Crippen LogP contribution in [0.2, 0.25) is 0 Å². The Labute approximate surface area is 145 Å². The lowest BCUT2D eigenvalue weighted by molar-refractivity contribution is -0.120. The van der Waals surface area contributed by atoms with Crippen molar-refractivity contribution >= 4 is 23.2 Å². The van der Waals surface area contributed by atoms with Crippen LogP contribution in [0.25, 0.3) is 0 Å². The highest BCUT2D eigenvalue weighted by atomic mass is 16.2. The van der Waals surface area contributed by atoms with Gasteiger partial charge in [-0.3, -0.25) is 9.59 Å². The Hall–Kier alpha value is -3.13. The van der Waals surface area contributed by atoms with Crippen LogP contribution >= 0.6 is 0 Å². The van der Waals surface area contributed by atoms with Crippen molar-refractivity contribution in [1.29, 1.82) is 5.26 Å². The smallest absolute Gasteiger partial charge is 0.255 e. The molecule has 25 heavy (non-hydrogen) atoms. The summed E-state index contributed by atoms with van der Waals surface area (Å²) in [6.07, 6.45) is 3.80. The highest BCUT2D eigenvalue weighted by Crippen LogP contribution is 2.49. The molecule has 1 spiro atoms. The topological polar surface area (TPSA) is 82.0 Å². The minimum absolute atomic E-state index is 0.0743. The van der Waals surface area contributed by atoms with E-state index in [0.717, 1.165) is 36.9 Å². The number of rotatable bonds is 2. The fraction of sp³-hybridized carbons (Fsp3) is 0.250. The molecular formula is C20H17N3O2. The lowest BCUT2D eigenvalue weighted by Crippen LogP contribution is -2.31. The molecule has 0 saturated heterocycles. The van der Waals surface area contributed by atoms with Gasteiger partial charge in [-0.1, -0.05) is 18.9 Å². The molecule has 0 radical (unpaired) electrons. The predicted octanol–water partition coefficient (Wildman–Crippen LogP) is 3.57. The fourth-order valence-electron chi connectivity index (χ4n) is 3.90. The molecule has 2 aromatic rings. The first-order chi connectivity index (χ1) is 12.1. The van der Waals surface area contributed by atoms with Crippen molar-refractivity contribution in [2.45, 2.75) is 31.1 Å². The maximum atomic E-state index is 12.5. The van der Waals surface area contributed by atoms with Crippen LogP contribution in [0.5, 0.6) is 0 Å². The van der Waals surface area contributed by atoms with Crippen LogP contribution in [0.3, 0.4) is 0 Å². The fourth-order valence-corrected chi connectivity index (χ4v) is 3.90. The van der Waals surface area contributed by atoms with Gasteiger partial charge in [0, 0.05) is 16.9 Å². The third kappa shape index (κ3) is 2.47. The Kier molecular flexibility index (Phi) is 3.54. The first-order valence-corrected chi connectivity index (χ1v) is 8.40. The summed E-state index contributed by atoms with van der Waals surface area (Å²) >= 11 is 0. The maximum Gasteiger partial charge on any atom is 0.255 e. The zero-order valence-electron chi connectivity index (χ0n) is 13.6. The van der Waals surface area contributed by atoms with Crippen LogP contribution in [-0.4, -0.2) is 11.8 Å². The van der Waals surface area contributed by atoms with Gasteiger partial charge in [-0.15, -0.1) is 0 Å². The van der Waals surface area contributed by atoms with Gasteiger partial charge in [0.25, 0.3) is 5.91 Å². The third-order valence-electron chi connectivity index (χ3n) is 5.19. The minimum Gasteiger partial charge on any atom is -0.325 e. The normalized spacial score (nSPS) is 17.0. The quantitative estimate of drug-likeness (QED) is 0.882. The second kappa shape index (κ2) is 5.75. The van der Waals surface area contributed by atoms with Crippen molar-refractivity contribution in [2.75, 3.05) is 10.6 Å². The number of nitriles is 1. The van der Waals surface area contributed by atoms with E-state index >= 15 is 0 Å². The highest BCUT2D eigenvalue weighted by molar-refractivity contribution is 6.08. The molecule has 0 unspecified atom stereocenters. The SMILES string of the molecule is N#Cc1cccc(C(=O)Nc2ccc3c(c2)C2(CCCC2)C(=O)N3)c1. The number of hydrogen-bond acceptors (Lipinski definition) is 3. The molecule has 0 atom stereocenters. The lowest BCUT2D eigenvalue weighted by atomic mass is 9.80. The molecule has 0 aromatic heterocycles. The molecule has 0 bridgehead atoms. The van der Waals surface area contributed by atoms with Crippen LogP contribution < -0.4 is 10.6 Å². The molecule has 2 N–H and O–H groups in total. The summed E-state index contributed by atoms with van der Waals surface area (Å²) in [5.74, 6) is -0.194. The second-order valence-electron chi connectivity index (χ2n) is 6.65. The van der Waals surface area contributed by atoms with E-state index in [-0.39, 0.29) is 11.8 Å². The summed E-state index contributed by atoms with van der Waals surface area (Å²) in [6.45, 7) is 0. The Morgan fingerprint density at radius 2 is 1.96 bits per heavy atom. The monoisotopic (exact) mass is 331 g/mol. The number of fused-ring (bicyclic) bond motifs is 2. The van der Waals surface area contributed by atoms with E-state index in [1.54, 1.807) is 30.3 Å². The average molecular weight is 331 g/mol. The van der Waals surface area contributed by atoms with Crippen molar-refractivity contribution in [3.8, 4) is 6.07 Å². The van der Waals surface area contributed by atoms with E-state index in [9.17, 15) is 9.59 Å². The van der Waals surface area contributed by atoms with Gasteiger partial charge >= 0.3 is 0 Å². The second-order valence-corrected chi connectivity index (χ2v) is 6.65. The Bertz CT molecular complexity index is 921. The zero-order valence-corrected chi connectivity index (χ0v) is 13.6. The highest BCUT2D eigenvalue weighted by Gasteiger charge is 2.48. The van der Waals surface area contributed by atoms with E-state index in [2.05, 4.69) is 10.6 Å². The number of anilines is 2. The van der Waals surface area contributed by atoms with Crippen LogP contribution in [0.1, 0.15) is 47.2 Å². The van der Waals surface area contributed by atoms with Crippen molar-refractivity contribution < 1.29 is 9.59 Å². The summed E-state index contributed by atoms with van der Waals surface area (Å²) in [6, 6.07) is 14.2. The van der Waals surface area contributed by atoms with Crippen LogP contribution in [0.4, 0.5) is 11.4 Å². The van der Waals surface area contributed by atoms with Crippen molar-refractivity contribution in [3.63, 3.8) is 0 Å². The molecule has 124 valence electrons. The largest absolute Gasteiger partial charge is 0.325 e. The summed E-state index contributed by atoms with van der Waals surface area (Å²) < 4.78 is 0. The predicted molar refractivity (Wildman–Crippen MR) is 94.3 cm³/mol. The van der Waals surface area contributed by atoms with Crippen LogP contribution in [0, 0.1) is 11.3 Å². The zero-order chi connectivity index (χ0) is 17.4. The molecule has 2 aromatic carbocycles. The molecule has 2 aliphatic rings. The van der Waals surface area contributed by atoms with E-state index in [1.165, 1.54) is 0 Å². The number of hydrogen-bond donors (Lipinski definition) is 2. The van der Waals surface area contributed by atoms with Gasteiger partial charge in [-0.25, -0.2) is 0 Å². The summed E-state index contributed by atoms with van der Waals surface area (Å²) in [4.78, 5) is 24.9. The average Bonchev–Trinajstić information content (AvgIpc) is 3.23. The van der Waals surface area contributed by atoms with Gasteiger partial charge in [0.2, 0.25) is 5.91 Å². The van der Waals surface area contributed by atoms with E-state index < -0.39 is 5.41 Å². The minimum atomic E-state index is -0.434. The number of nitrogens with zero attached hydrogens (tertiary/aromatic N) is 1. The molecule has 5 nitrogen and oxygen atoms in total. The van der Waals surface area contributed by atoms with E-state index in [0.29, 0.717) is 16.8 Å². The first-order valence-electron chi connectivity index (χ1n) is 8.40. The van der Waals surface area contributed by atoms with E-state index in [1.807, 2.05) is 18.2 Å². The Morgan fingerprint density at radius 1 is 1.16 bits per heavy atom. The molecule has 1 aliphatic heterocycles. The van der Waals surface area contributed by atoms with Crippen LogP contribution in [0.15, 0.2) is 42.5 Å². The Morgan fingerprint density at radius 3 is 2.72 bits per heavy atom. The molecule has 4 rings (SSSR count). The number of carbonyl (C=O) groups is 2. The van der Waals surface area contributed by atoms with Gasteiger partial charge in [0.15, 0.2) is 0 Å². The number of benzene rings is 2. The summed E-state index contributed by atoms with van der Waals surface area (Å²) in [7, 11) is 0. The molecule has 1 saturated carbocycles. The molecule has 5 heteroatoms. The van der Waals surface area contributed by atoms with Gasteiger partial charge < -0.3 is 10.6 Å². The van der Waals surface area contributed by atoms with Gasteiger partial charge in [-0.05, 0) is 54.8 Å². The van der Waals surface area contributed by atoms with Gasteiger partial charge in [0.1, 0.15) is 0 Å². The molecule has 1 heterocycles. The van der Waals surface area contributed by atoms with Crippen molar-refractivity contribution in [3.05, 3.63) is 59.2 Å². The summed E-state index contributed by atoms with van der Waals surface area (Å²) in [5, 5.41) is 14.8.